The number of amides is 1. The molecule has 2 aromatic carbocycles. The van der Waals surface area contributed by atoms with Crippen molar-refractivity contribution in [2.24, 2.45) is 0 Å². The third-order valence-corrected chi connectivity index (χ3v) is 7.71. The van der Waals surface area contributed by atoms with Gasteiger partial charge in [-0.1, -0.05) is 41.9 Å². The average Bonchev–Trinajstić information content (AvgIpc) is 2.79. The van der Waals surface area contributed by atoms with Crippen molar-refractivity contribution in [3.63, 3.8) is 0 Å². The van der Waals surface area contributed by atoms with Gasteiger partial charge in [0, 0.05) is 37.1 Å². The summed E-state index contributed by atoms with van der Waals surface area (Å²) in [6, 6.07) is 13.7. The van der Waals surface area contributed by atoms with E-state index in [4.69, 9.17) is 16.3 Å². The van der Waals surface area contributed by atoms with Crippen LogP contribution in [0, 0.1) is 6.92 Å². The summed E-state index contributed by atoms with van der Waals surface area (Å²) < 4.78 is 28.2. The quantitative estimate of drug-likeness (QED) is 0.373. The molecule has 0 aliphatic rings. The van der Waals surface area contributed by atoms with Gasteiger partial charge in [-0.25, -0.2) is 13.2 Å². The van der Waals surface area contributed by atoms with Crippen LogP contribution in [0.1, 0.15) is 29.8 Å². The summed E-state index contributed by atoms with van der Waals surface area (Å²) in [7, 11) is -2.45. The van der Waals surface area contributed by atoms with Crippen LogP contribution in [-0.2, 0) is 14.6 Å². The summed E-state index contributed by atoms with van der Waals surface area (Å²) in [4.78, 5) is 28.3. The van der Waals surface area contributed by atoms with Gasteiger partial charge in [-0.2, -0.15) is 0 Å². The van der Waals surface area contributed by atoms with Crippen LogP contribution < -0.4 is 9.80 Å². The minimum Gasteiger partial charge on any atom is -0.448 e. The Hall–Kier alpha value is -2.58. The second-order valence-electron chi connectivity index (χ2n) is 7.23. The molecular weight excluding hydrogens is 452 g/mol. The number of carbonyl (C=O) groups excluding carboxylic acids is 2. The van der Waals surface area contributed by atoms with Crippen molar-refractivity contribution in [3.8, 4) is 0 Å². The maximum absolute atomic E-state index is 12.4. The van der Waals surface area contributed by atoms with E-state index in [0.29, 0.717) is 5.69 Å². The number of sulfone groups is 1. The number of anilines is 2. The zero-order valence-electron chi connectivity index (χ0n) is 18.7. The fraction of sp³-hybridized carbons (Fsp3) is 0.391. The lowest BCUT2D eigenvalue weighted by atomic mass is 10.1. The molecule has 1 unspecified atom stereocenters. The molecule has 2 rings (SSSR count). The van der Waals surface area contributed by atoms with Crippen LogP contribution in [0.4, 0.5) is 16.2 Å². The van der Waals surface area contributed by atoms with Crippen molar-refractivity contribution in [3.05, 3.63) is 59.7 Å². The smallest absolute Gasteiger partial charge is 0.414 e. The van der Waals surface area contributed by atoms with E-state index in [1.54, 1.807) is 25.2 Å². The number of aryl methyl sites for hydroxylation is 1. The number of nitrogens with zero attached hydrogens (tertiary/aromatic N) is 2. The van der Waals surface area contributed by atoms with E-state index in [0.717, 1.165) is 24.3 Å². The van der Waals surface area contributed by atoms with E-state index < -0.39 is 38.8 Å². The third kappa shape index (κ3) is 6.23. The van der Waals surface area contributed by atoms with Gasteiger partial charge in [-0.15, -0.1) is 0 Å². The summed E-state index contributed by atoms with van der Waals surface area (Å²) in [5.41, 5.74) is 2.80. The summed E-state index contributed by atoms with van der Waals surface area (Å²) in [6.45, 7) is 7.37. The molecule has 7 nitrogen and oxygen atoms in total. The van der Waals surface area contributed by atoms with Crippen LogP contribution in [0.2, 0.25) is 0 Å². The standard InChI is InChI=1S/C23H29ClN2O5S/c1-5-26(6-2)19-12-13-20(17(3)16-19)25(4)23(28)31-14-15-32(29,30)22(24)21(27)18-10-8-7-9-11-18/h7-13,16,22H,5-6,14-15H2,1-4H3. The fourth-order valence-corrected chi connectivity index (χ4v) is 4.62. The van der Waals surface area contributed by atoms with Crippen molar-refractivity contribution in [2.75, 3.05) is 42.3 Å². The molecule has 0 spiro atoms. The van der Waals surface area contributed by atoms with Crippen LogP contribution in [0.15, 0.2) is 48.5 Å². The number of benzene rings is 2. The predicted octanol–water partition coefficient (Wildman–Crippen LogP) is 4.28. The number of alkyl halides is 1. The molecule has 0 saturated carbocycles. The molecule has 1 amide bonds. The third-order valence-electron chi connectivity index (χ3n) is 5.12. The number of hydrogen-bond acceptors (Lipinski definition) is 6. The van der Waals surface area contributed by atoms with E-state index in [-0.39, 0.29) is 5.56 Å². The molecule has 174 valence electrons. The number of ether oxygens (including phenoxy) is 1. The second-order valence-corrected chi connectivity index (χ2v) is 10.1. The Morgan fingerprint density at radius 2 is 1.69 bits per heavy atom. The number of hydrogen-bond donors (Lipinski definition) is 0. The van der Waals surface area contributed by atoms with Gasteiger partial charge in [-0.05, 0) is 44.5 Å². The van der Waals surface area contributed by atoms with E-state index in [1.807, 2.05) is 25.1 Å². The van der Waals surface area contributed by atoms with Crippen molar-refractivity contribution >= 4 is 44.7 Å². The first-order valence-corrected chi connectivity index (χ1v) is 12.5. The minimum absolute atomic E-state index is 0.205. The Morgan fingerprint density at radius 1 is 1.06 bits per heavy atom. The lowest BCUT2D eigenvalue weighted by Gasteiger charge is -2.24. The molecular formula is C23H29ClN2O5S. The molecule has 0 aliphatic carbocycles. The molecule has 0 fully saturated rings. The first-order valence-electron chi connectivity index (χ1n) is 10.3. The summed E-state index contributed by atoms with van der Waals surface area (Å²) in [5, 5.41) is 0. The number of Topliss-reactive ketones (excluding diaryl/α,β-unsaturated/α-hetero) is 1. The monoisotopic (exact) mass is 480 g/mol. The second kappa shape index (κ2) is 11.3. The SMILES string of the molecule is CCN(CC)c1ccc(N(C)C(=O)OCCS(=O)(=O)C(Cl)C(=O)c2ccccc2)c(C)c1. The number of carbonyl (C=O) groups is 2. The van der Waals surface area contributed by atoms with E-state index in [1.165, 1.54) is 17.0 Å². The first-order chi connectivity index (χ1) is 15.1. The highest BCUT2D eigenvalue weighted by Gasteiger charge is 2.31. The van der Waals surface area contributed by atoms with Gasteiger partial charge in [-0.3, -0.25) is 9.69 Å². The molecule has 0 aromatic heterocycles. The van der Waals surface area contributed by atoms with Gasteiger partial charge in [0.1, 0.15) is 6.61 Å². The molecule has 0 radical (unpaired) electrons. The fourth-order valence-electron chi connectivity index (χ4n) is 3.24. The number of rotatable bonds is 10. The molecule has 0 saturated heterocycles. The lowest BCUT2D eigenvalue weighted by molar-refractivity contribution is 0.101. The summed E-state index contributed by atoms with van der Waals surface area (Å²) in [5.74, 6) is -1.27. The van der Waals surface area contributed by atoms with Crippen LogP contribution in [-0.4, -0.2) is 57.5 Å². The van der Waals surface area contributed by atoms with Gasteiger partial charge in [0.15, 0.2) is 20.3 Å². The Bertz CT molecular complexity index is 1040. The van der Waals surface area contributed by atoms with Gasteiger partial charge >= 0.3 is 6.09 Å². The highest BCUT2D eigenvalue weighted by molar-refractivity contribution is 7.94. The summed E-state index contributed by atoms with van der Waals surface area (Å²) in [6.07, 6.45) is -0.695. The topological polar surface area (TPSA) is 84.0 Å². The van der Waals surface area contributed by atoms with Crippen LogP contribution in [0.3, 0.4) is 0 Å². The average molecular weight is 481 g/mol. The summed E-state index contributed by atoms with van der Waals surface area (Å²) >= 11 is 5.92. The first kappa shape index (κ1) is 25.7. The van der Waals surface area contributed by atoms with Gasteiger partial charge in [0.05, 0.1) is 5.75 Å². The van der Waals surface area contributed by atoms with Crippen molar-refractivity contribution < 1.29 is 22.7 Å². The van der Waals surface area contributed by atoms with E-state index in [2.05, 4.69) is 18.7 Å². The van der Waals surface area contributed by atoms with E-state index in [9.17, 15) is 18.0 Å². The number of halogens is 1. The molecule has 0 aliphatic heterocycles. The van der Waals surface area contributed by atoms with Crippen LogP contribution in [0.5, 0.6) is 0 Å². The molecule has 0 N–H and O–H groups in total. The Labute approximate surface area is 194 Å². The zero-order valence-corrected chi connectivity index (χ0v) is 20.3. The predicted molar refractivity (Wildman–Crippen MR) is 129 cm³/mol. The minimum atomic E-state index is -4.01. The van der Waals surface area contributed by atoms with Gasteiger partial charge in [0.2, 0.25) is 0 Å². The van der Waals surface area contributed by atoms with Gasteiger partial charge in [0.25, 0.3) is 0 Å². The lowest BCUT2D eigenvalue weighted by Crippen LogP contribution is -2.32. The molecule has 32 heavy (non-hydrogen) atoms. The van der Waals surface area contributed by atoms with Crippen molar-refractivity contribution in [1.29, 1.82) is 0 Å². The van der Waals surface area contributed by atoms with Crippen LogP contribution in [0.25, 0.3) is 0 Å². The molecule has 9 heteroatoms. The largest absolute Gasteiger partial charge is 0.448 e. The molecule has 0 bridgehead atoms. The van der Waals surface area contributed by atoms with Crippen molar-refractivity contribution in [1.82, 2.24) is 0 Å². The molecule has 2 aromatic rings. The Kier molecular flexibility index (Phi) is 9.09. The maximum atomic E-state index is 12.4. The molecule has 0 heterocycles. The normalized spacial score (nSPS) is 12.2. The number of ketones is 1. The van der Waals surface area contributed by atoms with E-state index >= 15 is 0 Å². The van der Waals surface area contributed by atoms with Crippen molar-refractivity contribution in [2.45, 2.75) is 25.5 Å². The van der Waals surface area contributed by atoms with Crippen LogP contribution >= 0.6 is 11.6 Å². The molecule has 1 atom stereocenters. The maximum Gasteiger partial charge on any atom is 0.414 e. The van der Waals surface area contributed by atoms with Gasteiger partial charge < -0.3 is 9.64 Å². The highest BCUT2D eigenvalue weighted by Crippen LogP contribution is 2.25. The Balaban J connectivity index is 1.97. The Morgan fingerprint density at radius 3 is 2.25 bits per heavy atom. The highest BCUT2D eigenvalue weighted by atomic mass is 35.5. The zero-order chi connectivity index (χ0) is 23.9.